The number of nitrogens with one attached hydrogen (secondary N) is 2. The molecule has 114 valence electrons. The minimum Gasteiger partial charge on any atom is -0.497 e. The lowest BCUT2D eigenvalue weighted by Crippen LogP contribution is -2.41. The van der Waals surface area contributed by atoms with Crippen molar-refractivity contribution in [3.63, 3.8) is 0 Å². The predicted octanol–water partition coefficient (Wildman–Crippen LogP) is 1.69. The first kappa shape index (κ1) is 15.4. The number of carbonyl (C=O) groups excluding carboxylic acids is 2. The third-order valence-electron chi connectivity index (χ3n) is 2.79. The Morgan fingerprint density at radius 1 is 1.18 bits per heavy atom. The summed E-state index contributed by atoms with van der Waals surface area (Å²) in [5, 5.41) is 0. The Bertz CT molecular complexity index is 645. The van der Waals surface area contributed by atoms with Crippen molar-refractivity contribution in [3.8, 4) is 5.75 Å². The van der Waals surface area contributed by atoms with Crippen molar-refractivity contribution in [2.75, 3.05) is 7.11 Å². The van der Waals surface area contributed by atoms with Gasteiger partial charge in [-0.05, 0) is 35.9 Å². The summed E-state index contributed by atoms with van der Waals surface area (Å²) >= 11 is 0. The van der Waals surface area contributed by atoms with Crippen LogP contribution in [0.1, 0.15) is 11.3 Å². The molecule has 0 saturated carbocycles. The van der Waals surface area contributed by atoms with Crippen LogP contribution in [0.4, 0.5) is 0 Å². The average molecular weight is 300 g/mol. The van der Waals surface area contributed by atoms with Crippen LogP contribution in [0.25, 0.3) is 6.08 Å². The van der Waals surface area contributed by atoms with Gasteiger partial charge in [-0.25, -0.2) is 0 Å². The quantitative estimate of drug-likeness (QED) is 0.650. The van der Waals surface area contributed by atoms with E-state index in [1.165, 1.54) is 18.4 Å². The molecule has 0 radical (unpaired) electrons. The monoisotopic (exact) mass is 300 g/mol. The maximum absolute atomic E-state index is 11.7. The third kappa shape index (κ3) is 4.82. The molecule has 1 heterocycles. The summed E-state index contributed by atoms with van der Waals surface area (Å²) in [7, 11) is 1.58. The first-order chi connectivity index (χ1) is 10.7. The van der Waals surface area contributed by atoms with Crippen LogP contribution in [0.2, 0.25) is 0 Å². The fourth-order valence-corrected chi connectivity index (χ4v) is 1.69. The number of hydrazine groups is 1. The normalized spacial score (nSPS) is 10.4. The average Bonchev–Trinajstić information content (AvgIpc) is 3.05. The summed E-state index contributed by atoms with van der Waals surface area (Å²) in [5.74, 6) is 0.518. The van der Waals surface area contributed by atoms with Crippen LogP contribution in [0.5, 0.6) is 5.75 Å². The molecule has 6 nitrogen and oxygen atoms in total. The van der Waals surface area contributed by atoms with Crippen LogP contribution in [0.3, 0.4) is 0 Å². The van der Waals surface area contributed by atoms with Gasteiger partial charge in [0, 0.05) is 6.08 Å². The van der Waals surface area contributed by atoms with Crippen molar-refractivity contribution >= 4 is 17.9 Å². The molecule has 2 aromatic rings. The number of methoxy groups -OCH3 is 1. The molecule has 0 unspecified atom stereocenters. The Labute approximate surface area is 127 Å². The second kappa shape index (κ2) is 7.68. The zero-order chi connectivity index (χ0) is 15.8. The summed E-state index contributed by atoms with van der Waals surface area (Å²) in [5.41, 5.74) is 5.45. The molecular weight excluding hydrogens is 284 g/mol. The lowest BCUT2D eigenvalue weighted by Gasteiger charge is -2.06. The van der Waals surface area contributed by atoms with Gasteiger partial charge in [-0.1, -0.05) is 12.1 Å². The van der Waals surface area contributed by atoms with Gasteiger partial charge >= 0.3 is 0 Å². The number of carbonyl (C=O) groups is 2. The Balaban J connectivity index is 1.75. The van der Waals surface area contributed by atoms with E-state index in [2.05, 4.69) is 10.9 Å². The van der Waals surface area contributed by atoms with E-state index in [1.807, 2.05) is 0 Å². The minimum atomic E-state index is -0.445. The molecule has 0 aliphatic heterocycles. The zero-order valence-electron chi connectivity index (χ0n) is 12.0. The lowest BCUT2D eigenvalue weighted by molar-refractivity contribution is -0.126. The molecule has 0 aliphatic carbocycles. The molecular formula is C16H16N2O4. The molecule has 1 aromatic heterocycles. The van der Waals surface area contributed by atoms with Crippen LogP contribution in [0.15, 0.2) is 53.2 Å². The molecule has 2 rings (SSSR count). The van der Waals surface area contributed by atoms with Crippen LogP contribution in [-0.4, -0.2) is 18.9 Å². The number of benzene rings is 1. The van der Waals surface area contributed by atoms with E-state index >= 15 is 0 Å². The van der Waals surface area contributed by atoms with E-state index in [1.54, 1.807) is 43.5 Å². The maximum Gasteiger partial charge on any atom is 0.262 e. The molecule has 0 aliphatic rings. The van der Waals surface area contributed by atoms with Crippen molar-refractivity contribution in [1.29, 1.82) is 0 Å². The summed E-state index contributed by atoms with van der Waals surface area (Å²) in [4.78, 5) is 23.2. The standard InChI is InChI=1S/C16H16N2O4/c1-21-13-6-4-12(5-7-13)11-16(20)18-17-15(19)9-8-14-3-2-10-22-14/h2-10H,11H2,1H3,(H,17,19)(H,18,20). The highest BCUT2D eigenvalue weighted by atomic mass is 16.5. The van der Waals surface area contributed by atoms with Gasteiger partial charge in [0.25, 0.3) is 5.91 Å². The fourth-order valence-electron chi connectivity index (χ4n) is 1.69. The number of rotatable bonds is 5. The lowest BCUT2D eigenvalue weighted by atomic mass is 10.1. The van der Waals surface area contributed by atoms with Crippen molar-refractivity contribution in [2.24, 2.45) is 0 Å². The van der Waals surface area contributed by atoms with E-state index < -0.39 is 5.91 Å². The molecule has 0 fully saturated rings. The number of ether oxygens (including phenoxy) is 1. The third-order valence-corrected chi connectivity index (χ3v) is 2.79. The molecule has 0 saturated heterocycles. The zero-order valence-corrected chi connectivity index (χ0v) is 12.0. The van der Waals surface area contributed by atoms with Gasteiger partial charge in [0.05, 0.1) is 19.8 Å². The van der Waals surface area contributed by atoms with Gasteiger partial charge < -0.3 is 9.15 Å². The first-order valence-corrected chi connectivity index (χ1v) is 6.60. The van der Waals surface area contributed by atoms with E-state index in [9.17, 15) is 9.59 Å². The van der Waals surface area contributed by atoms with Crippen molar-refractivity contribution < 1.29 is 18.7 Å². The van der Waals surface area contributed by atoms with Gasteiger partial charge in [0.1, 0.15) is 11.5 Å². The molecule has 0 bridgehead atoms. The van der Waals surface area contributed by atoms with Crippen molar-refractivity contribution in [2.45, 2.75) is 6.42 Å². The molecule has 0 atom stereocenters. The SMILES string of the molecule is COc1ccc(CC(=O)NNC(=O)C=Cc2ccco2)cc1. The van der Waals surface area contributed by atoms with E-state index in [0.29, 0.717) is 5.76 Å². The smallest absolute Gasteiger partial charge is 0.262 e. The maximum atomic E-state index is 11.7. The summed E-state index contributed by atoms with van der Waals surface area (Å²) < 4.78 is 10.1. The van der Waals surface area contributed by atoms with Crippen LogP contribution in [0, 0.1) is 0 Å². The summed E-state index contributed by atoms with van der Waals surface area (Å²) in [6, 6.07) is 10.6. The van der Waals surface area contributed by atoms with E-state index in [0.717, 1.165) is 11.3 Å². The predicted molar refractivity (Wildman–Crippen MR) is 80.7 cm³/mol. The Morgan fingerprint density at radius 3 is 2.59 bits per heavy atom. The molecule has 2 amide bonds. The minimum absolute atomic E-state index is 0.159. The first-order valence-electron chi connectivity index (χ1n) is 6.60. The summed E-state index contributed by atoms with van der Waals surface area (Å²) in [6.45, 7) is 0. The van der Waals surface area contributed by atoms with Gasteiger partial charge in [-0.2, -0.15) is 0 Å². The highest BCUT2D eigenvalue weighted by molar-refractivity contribution is 5.93. The Hall–Kier alpha value is -3.02. The highest BCUT2D eigenvalue weighted by Gasteiger charge is 2.04. The highest BCUT2D eigenvalue weighted by Crippen LogP contribution is 2.11. The van der Waals surface area contributed by atoms with Gasteiger partial charge in [-0.15, -0.1) is 0 Å². The molecule has 2 N–H and O–H groups in total. The van der Waals surface area contributed by atoms with E-state index in [4.69, 9.17) is 9.15 Å². The molecule has 1 aromatic carbocycles. The van der Waals surface area contributed by atoms with Crippen LogP contribution in [-0.2, 0) is 16.0 Å². The number of hydrogen-bond acceptors (Lipinski definition) is 4. The number of amides is 2. The second-order valence-corrected chi connectivity index (χ2v) is 4.41. The van der Waals surface area contributed by atoms with Crippen molar-refractivity contribution in [1.82, 2.24) is 10.9 Å². The second-order valence-electron chi connectivity index (χ2n) is 4.41. The number of hydrogen-bond donors (Lipinski definition) is 2. The van der Waals surface area contributed by atoms with E-state index in [-0.39, 0.29) is 12.3 Å². The van der Waals surface area contributed by atoms with Gasteiger partial charge in [0.2, 0.25) is 5.91 Å². The summed E-state index contributed by atoms with van der Waals surface area (Å²) in [6.07, 6.45) is 4.44. The Kier molecular flexibility index (Phi) is 5.37. The topological polar surface area (TPSA) is 80.6 Å². The van der Waals surface area contributed by atoms with Crippen LogP contribution >= 0.6 is 0 Å². The largest absolute Gasteiger partial charge is 0.497 e. The fraction of sp³-hybridized carbons (Fsp3) is 0.125. The van der Waals surface area contributed by atoms with Crippen LogP contribution < -0.4 is 15.6 Å². The molecule has 6 heteroatoms. The Morgan fingerprint density at radius 2 is 1.95 bits per heavy atom. The number of furan rings is 1. The molecule has 0 spiro atoms. The van der Waals surface area contributed by atoms with Crippen molar-refractivity contribution in [3.05, 3.63) is 60.1 Å². The molecule has 22 heavy (non-hydrogen) atoms. The van der Waals surface area contributed by atoms with Gasteiger partial charge in [-0.3, -0.25) is 20.4 Å². The van der Waals surface area contributed by atoms with Gasteiger partial charge in [0.15, 0.2) is 0 Å².